The molecule has 0 bridgehead atoms. The van der Waals surface area contributed by atoms with Gasteiger partial charge in [-0.3, -0.25) is 0 Å². The van der Waals surface area contributed by atoms with Crippen LogP contribution in [0.4, 0.5) is 0 Å². The average molecular weight is 604 g/mol. The number of methoxy groups -OCH3 is 1. The van der Waals surface area contributed by atoms with Gasteiger partial charge in [-0.1, -0.05) is 82.5 Å². The third-order valence-electron chi connectivity index (χ3n) is 5.98. The van der Waals surface area contributed by atoms with E-state index in [1.54, 1.807) is 26.2 Å². The maximum Gasteiger partial charge on any atom is 0.338 e. The summed E-state index contributed by atoms with van der Waals surface area (Å²) in [6.07, 6.45) is 6.26. The second-order valence-electron chi connectivity index (χ2n) is 10.2. The minimum absolute atomic E-state index is 0.285. The van der Waals surface area contributed by atoms with Crippen molar-refractivity contribution in [2.45, 2.75) is 66.7 Å². The molecule has 0 heterocycles. The Balaban J connectivity index is 0.000000424. The zero-order valence-electron chi connectivity index (χ0n) is 27.2. The summed E-state index contributed by atoms with van der Waals surface area (Å²) in [5.41, 5.74) is 4.84. The van der Waals surface area contributed by atoms with E-state index >= 15 is 0 Å². The minimum atomic E-state index is -0.347. The van der Waals surface area contributed by atoms with Crippen LogP contribution in [0, 0.1) is 12.3 Å². The zero-order chi connectivity index (χ0) is 32.7. The molecule has 0 aliphatic rings. The van der Waals surface area contributed by atoms with Crippen molar-refractivity contribution < 1.29 is 28.5 Å². The van der Waals surface area contributed by atoms with E-state index in [0.717, 1.165) is 41.7 Å². The van der Waals surface area contributed by atoms with E-state index in [9.17, 15) is 9.59 Å². The van der Waals surface area contributed by atoms with E-state index in [2.05, 4.69) is 27.4 Å². The van der Waals surface area contributed by atoms with Gasteiger partial charge in [0.25, 0.3) is 0 Å². The molecule has 238 valence electrons. The van der Waals surface area contributed by atoms with Gasteiger partial charge in [-0.05, 0) is 67.8 Å². The van der Waals surface area contributed by atoms with Crippen molar-refractivity contribution in [3.05, 3.63) is 95.6 Å². The summed E-state index contributed by atoms with van der Waals surface area (Å²) in [6, 6.07) is 20.8. The van der Waals surface area contributed by atoms with Gasteiger partial charge in [-0.25, -0.2) is 9.59 Å². The number of rotatable bonds is 14. The van der Waals surface area contributed by atoms with Crippen LogP contribution in [0.2, 0.25) is 0 Å². The molecule has 0 amide bonds. The Morgan fingerprint density at radius 1 is 0.818 bits per heavy atom. The van der Waals surface area contributed by atoms with E-state index < -0.39 is 0 Å². The Kier molecular flexibility index (Phi) is 19.0. The highest BCUT2D eigenvalue weighted by Crippen LogP contribution is 2.26. The Morgan fingerprint density at radius 3 is 2.00 bits per heavy atom. The van der Waals surface area contributed by atoms with Crippen molar-refractivity contribution in [3.63, 3.8) is 0 Å². The average Bonchev–Trinajstić information content (AvgIpc) is 3.04. The lowest BCUT2D eigenvalue weighted by molar-refractivity contribution is -0.139. The van der Waals surface area contributed by atoms with E-state index in [1.165, 1.54) is 18.2 Å². The predicted octanol–water partition coefficient (Wildman–Crippen LogP) is 9.01. The first-order valence-corrected chi connectivity index (χ1v) is 15.2. The molecule has 0 aliphatic carbocycles. The molecule has 1 N–H and O–H groups in total. The molecule has 0 radical (unpaired) electrons. The van der Waals surface area contributed by atoms with Gasteiger partial charge in [0.15, 0.2) is 0 Å². The van der Waals surface area contributed by atoms with E-state index in [-0.39, 0.29) is 11.9 Å². The van der Waals surface area contributed by atoms with Crippen molar-refractivity contribution in [2.75, 3.05) is 26.9 Å². The van der Waals surface area contributed by atoms with Crippen molar-refractivity contribution in [1.82, 2.24) is 0 Å². The number of carbonyl (C=O) groups excluding carboxylic acids is 2. The molecule has 3 aromatic rings. The number of aryl methyl sites for hydroxylation is 1. The number of carbonyl (C=O) groups is 2. The SMILES string of the molecule is C=C(C)C(=O)OCCCOc1ccc(C)cc1.CCC.CCCCCOC(=O)c1ccc(-c2ccc(OC)c(C=N)c2)cc1. The van der Waals surface area contributed by atoms with Crippen LogP contribution in [0.3, 0.4) is 0 Å². The van der Waals surface area contributed by atoms with Crippen molar-refractivity contribution in [2.24, 2.45) is 0 Å². The molecule has 3 aromatic carbocycles. The fourth-order valence-electron chi connectivity index (χ4n) is 3.60. The molecule has 0 fully saturated rings. The number of ether oxygens (including phenoxy) is 4. The fourth-order valence-corrected chi connectivity index (χ4v) is 3.60. The molecule has 7 heteroatoms. The van der Waals surface area contributed by atoms with Crippen molar-refractivity contribution >= 4 is 18.2 Å². The van der Waals surface area contributed by atoms with E-state index in [1.807, 2.05) is 61.5 Å². The molecule has 0 atom stereocenters. The summed E-state index contributed by atoms with van der Waals surface area (Å²) < 4.78 is 20.9. The number of nitrogens with one attached hydrogen (secondary N) is 1. The van der Waals surface area contributed by atoms with Crippen molar-refractivity contribution in [1.29, 1.82) is 5.41 Å². The Hall–Kier alpha value is -4.39. The van der Waals surface area contributed by atoms with Crippen LogP contribution in [0.15, 0.2) is 78.9 Å². The molecular formula is C37H49NO6. The van der Waals surface area contributed by atoms with Crippen LogP contribution < -0.4 is 9.47 Å². The smallest absolute Gasteiger partial charge is 0.338 e. The first-order valence-electron chi connectivity index (χ1n) is 15.2. The van der Waals surface area contributed by atoms with Gasteiger partial charge in [0.1, 0.15) is 11.5 Å². The van der Waals surface area contributed by atoms with Gasteiger partial charge in [0.05, 0.1) is 32.5 Å². The molecule has 0 aliphatic heterocycles. The van der Waals surface area contributed by atoms with Gasteiger partial charge >= 0.3 is 11.9 Å². The summed E-state index contributed by atoms with van der Waals surface area (Å²) in [5.74, 6) is 0.871. The Bertz CT molecular complexity index is 1280. The largest absolute Gasteiger partial charge is 0.496 e. The summed E-state index contributed by atoms with van der Waals surface area (Å²) in [4.78, 5) is 23.0. The summed E-state index contributed by atoms with van der Waals surface area (Å²) in [5, 5.41) is 7.47. The predicted molar refractivity (Wildman–Crippen MR) is 179 cm³/mol. The van der Waals surface area contributed by atoms with Crippen LogP contribution in [0.1, 0.15) is 81.3 Å². The first kappa shape index (κ1) is 37.6. The maximum absolute atomic E-state index is 12.0. The van der Waals surface area contributed by atoms with Crippen LogP contribution in [0.5, 0.6) is 11.5 Å². The lowest BCUT2D eigenvalue weighted by Crippen LogP contribution is -2.09. The van der Waals surface area contributed by atoms with Crippen LogP contribution in [-0.2, 0) is 14.3 Å². The second-order valence-corrected chi connectivity index (χ2v) is 10.2. The van der Waals surface area contributed by atoms with Gasteiger partial charge in [0, 0.05) is 23.8 Å². The molecular weight excluding hydrogens is 554 g/mol. The van der Waals surface area contributed by atoms with Gasteiger partial charge in [-0.15, -0.1) is 0 Å². The molecule has 44 heavy (non-hydrogen) atoms. The number of benzene rings is 3. The highest BCUT2D eigenvalue weighted by molar-refractivity contribution is 5.90. The van der Waals surface area contributed by atoms with E-state index in [0.29, 0.717) is 43.1 Å². The number of hydrogen-bond donors (Lipinski definition) is 1. The maximum atomic E-state index is 12.0. The molecule has 0 saturated heterocycles. The first-order chi connectivity index (χ1) is 21.2. The lowest BCUT2D eigenvalue weighted by atomic mass is 10.0. The molecule has 0 unspecified atom stereocenters. The zero-order valence-corrected chi connectivity index (χ0v) is 27.2. The summed E-state index contributed by atoms with van der Waals surface area (Å²) in [6.45, 7) is 14.9. The Labute approximate surface area is 263 Å². The van der Waals surface area contributed by atoms with Crippen LogP contribution in [0.25, 0.3) is 11.1 Å². The second kappa shape index (κ2) is 22.2. The lowest BCUT2D eigenvalue weighted by Gasteiger charge is -2.09. The van der Waals surface area contributed by atoms with Crippen LogP contribution in [-0.4, -0.2) is 45.1 Å². The normalized spacial score (nSPS) is 9.77. The third-order valence-corrected chi connectivity index (χ3v) is 5.98. The highest BCUT2D eigenvalue weighted by atomic mass is 16.5. The Morgan fingerprint density at radius 2 is 1.43 bits per heavy atom. The molecule has 7 nitrogen and oxygen atoms in total. The minimum Gasteiger partial charge on any atom is -0.496 e. The number of hydrogen-bond acceptors (Lipinski definition) is 7. The summed E-state index contributed by atoms with van der Waals surface area (Å²) in [7, 11) is 1.59. The van der Waals surface area contributed by atoms with E-state index in [4.69, 9.17) is 24.4 Å². The van der Waals surface area contributed by atoms with Gasteiger partial charge < -0.3 is 24.4 Å². The highest BCUT2D eigenvalue weighted by Gasteiger charge is 2.09. The summed E-state index contributed by atoms with van der Waals surface area (Å²) >= 11 is 0. The molecule has 0 aromatic heterocycles. The number of unbranched alkanes of at least 4 members (excludes halogenated alkanes) is 2. The topological polar surface area (TPSA) is 94.9 Å². The fraction of sp³-hybridized carbons (Fsp3) is 0.378. The van der Waals surface area contributed by atoms with Crippen LogP contribution >= 0.6 is 0 Å². The third kappa shape index (κ3) is 14.7. The number of esters is 2. The van der Waals surface area contributed by atoms with Gasteiger partial charge in [-0.2, -0.15) is 0 Å². The van der Waals surface area contributed by atoms with Gasteiger partial charge in [0.2, 0.25) is 0 Å². The standard InChI is InChI=1S/C20H23NO3.C14H18O3.C3H8/c1-3-4-5-12-24-20(22)16-8-6-15(7-9-16)17-10-11-19(23-2)18(13-17)14-21;1-11(2)14(15)17-10-4-9-16-13-7-5-12(3)6-8-13;1-3-2/h6-11,13-14,21H,3-5,12H2,1-2H3;5-8H,1,4,9-10H2,2-3H3;3H2,1-2H3. The molecule has 3 rings (SSSR count). The molecule has 0 saturated carbocycles. The monoisotopic (exact) mass is 603 g/mol. The molecule has 0 spiro atoms. The van der Waals surface area contributed by atoms with Crippen molar-refractivity contribution in [3.8, 4) is 22.6 Å². The quantitative estimate of drug-likeness (QED) is 0.0855.